The first-order valence-electron chi connectivity index (χ1n) is 5.66. The van der Waals surface area contributed by atoms with Crippen LogP contribution in [-0.4, -0.2) is 0 Å². The van der Waals surface area contributed by atoms with Crippen molar-refractivity contribution in [2.75, 3.05) is 0 Å². The first-order chi connectivity index (χ1) is 8.20. The molecular weight excluding hydrogens is 215 g/mol. The third-order valence-electron chi connectivity index (χ3n) is 2.83. The number of allylic oxidation sites excluding steroid dienone is 5. The van der Waals surface area contributed by atoms with Gasteiger partial charge < -0.3 is 4.74 Å². The first kappa shape index (κ1) is 11.6. The Balaban J connectivity index is 2.31. The maximum atomic E-state index is 13.1. The summed E-state index contributed by atoms with van der Waals surface area (Å²) in [6.07, 6.45) is 7.26. The van der Waals surface area contributed by atoms with Crippen molar-refractivity contribution >= 4 is 0 Å². The third-order valence-corrected chi connectivity index (χ3v) is 2.83. The first-order valence-corrected chi connectivity index (χ1v) is 5.66. The summed E-state index contributed by atoms with van der Waals surface area (Å²) < 4.78 is 18.9. The SMILES string of the molecule is C=C/C=C\C1=C(C)Oc2ccc(F)cc2CC1. The van der Waals surface area contributed by atoms with Crippen LogP contribution in [0.2, 0.25) is 0 Å². The Labute approximate surface area is 101 Å². The van der Waals surface area contributed by atoms with Gasteiger partial charge >= 0.3 is 0 Å². The van der Waals surface area contributed by atoms with E-state index in [9.17, 15) is 4.39 Å². The predicted octanol–water partition coefficient (Wildman–Crippen LogP) is 4.17. The van der Waals surface area contributed by atoms with E-state index in [1.807, 2.05) is 19.1 Å². The molecular formula is C15H15FO. The molecule has 2 heteroatoms. The summed E-state index contributed by atoms with van der Waals surface area (Å²) in [5, 5.41) is 0. The summed E-state index contributed by atoms with van der Waals surface area (Å²) in [5.41, 5.74) is 2.05. The van der Waals surface area contributed by atoms with Crippen molar-refractivity contribution < 1.29 is 9.13 Å². The molecule has 17 heavy (non-hydrogen) atoms. The molecule has 0 aliphatic carbocycles. The number of hydrogen-bond acceptors (Lipinski definition) is 1. The van der Waals surface area contributed by atoms with Crippen LogP contribution in [-0.2, 0) is 6.42 Å². The molecule has 1 aromatic rings. The van der Waals surface area contributed by atoms with E-state index in [0.29, 0.717) is 0 Å². The van der Waals surface area contributed by atoms with Gasteiger partial charge in [0.05, 0.1) is 0 Å². The predicted molar refractivity (Wildman–Crippen MR) is 67.4 cm³/mol. The fourth-order valence-electron chi connectivity index (χ4n) is 1.90. The Morgan fingerprint density at radius 3 is 2.94 bits per heavy atom. The Morgan fingerprint density at radius 1 is 1.35 bits per heavy atom. The molecule has 0 unspecified atom stereocenters. The summed E-state index contributed by atoms with van der Waals surface area (Å²) in [7, 11) is 0. The van der Waals surface area contributed by atoms with Gasteiger partial charge in [-0.1, -0.05) is 24.8 Å². The molecule has 0 N–H and O–H groups in total. The summed E-state index contributed by atoms with van der Waals surface area (Å²) in [6, 6.07) is 4.66. The van der Waals surface area contributed by atoms with Gasteiger partial charge in [-0.3, -0.25) is 0 Å². The standard InChI is InChI=1S/C15H15FO/c1-3-4-5-12-6-7-13-10-14(16)8-9-15(13)17-11(12)2/h3-5,8-10H,1,6-7H2,2H3/b5-4-. The number of rotatable bonds is 2. The molecule has 0 radical (unpaired) electrons. The molecule has 88 valence electrons. The topological polar surface area (TPSA) is 9.23 Å². The summed E-state index contributed by atoms with van der Waals surface area (Å²) >= 11 is 0. The van der Waals surface area contributed by atoms with Gasteiger partial charge in [-0.05, 0) is 49.1 Å². The molecule has 0 atom stereocenters. The normalized spacial score (nSPS) is 15.4. The second kappa shape index (κ2) is 5.00. The Kier molecular flexibility index (Phi) is 3.43. The van der Waals surface area contributed by atoms with Crippen molar-refractivity contribution in [3.63, 3.8) is 0 Å². The number of ether oxygens (including phenoxy) is 1. The minimum Gasteiger partial charge on any atom is -0.461 e. The van der Waals surface area contributed by atoms with Crippen LogP contribution in [0.1, 0.15) is 18.9 Å². The molecule has 1 heterocycles. The van der Waals surface area contributed by atoms with Crippen LogP contribution in [0.3, 0.4) is 0 Å². The molecule has 0 amide bonds. The van der Waals surface area contributed by atoms with Gasteiger partial charge in [0.15, 0.2) is 0 Å². The van der Waals surface area contributed by atoms with Crippen LogP contribution in [0.25, 0.3) is 0 Å². The van der Waals surface area contributed by atoms with Crippen molar-refractivity contribution in [3.05, 3.63) is 65.7 Å². The number of hydrogen-bond donors (Lipinski definition) is 0. The zero-order valence-corrected chi connectivity index (χ0v) is 9.87. The van der Waals surface area contributed by atoms with E-state index < -0.39 is 0 Å². The molecule has 1 aliphatic rings. The lowest BCUT2D eigenvalue weighted by atomic mass is 10.0. The quantitative estimate of drug-likeness (QED) is 0.693. The molecule has 1 aromatic carbocycles. The molecule has 0 spiro atoms. The van der Waals surface area contributed by atoms with Crippen LogP contribution in [0, 0.1) is 5.82 Å². The van der Waals surface area contributed by atoms with E-state index in [-0.39, 0.29) is 5.82 Å². The Morgan fingerprint density at radius 2 is 2.18 bits per heavy atom. The number of fused-ring (bicyclic) bond motifs is 1. The lowest BCUT2D eigenvalue weighted by Gasteiger charge is -2.07. The molecule has 0 saturated heterocycles. The van der Waals surface area contributed by atoms with Gasteiger partial charge in [0.2, 0.25) is 0 Å². The van der Waals surface area contributed by atoms with Gasteiger partial charge in [0.1, 0.15) is 17.3 Å². The molecule has 0 bridgehead atoms. The van der Waals surface area contributed by atoms with E-state index in [0.717, 1.165) is 35.5 Å². The van der Waals surface area contributed by atoms with Gasteiger partial charge in [0, 0.05) is 0 Å². The number of halogens is 1. The van der Waals surface area contributed by atoms with Gasteiger partial charge in [-0.2, -0.15) is 0 Å². The van der Waals surface area contributed by atoms with Crippen molar-refractivity contribution in [2.24, 2.45) is 0 Å². The lowest BCUT2D eigenvalue weighted by Crippen LogP contribution is -1.93. The van der Waals surface area contributed by atoms with E-state index in [4.69, 9.17) is 4.74 Å². The van der Waals surface area contributed by atoms with Gasteiger partial charge in [-0.15, -0.1) is 0 Å². The monoisotopic (exact) mass is 230 g/mol. The highest BCUT2D eigenvalue weighted by Crippen LogP contribution is 2.29. The van der Waals surface area contributed by atoms with Crippen molar-refractivity contribution in [3.8, 4) is 5.75 Å². The lowest BCUT2D eigenvalue weighted by molar-refractivity contribution is 0.422. The van der Waals surface area contributed by atoms with Gasteiger partial charge in [0.25, 0.3) is 0 Å². The highest BCUT2D eigenvalue weighted by molar-refractivity contribution is 5.40. The average molecular weight is 230 g/mol. The fourth-order valence-corrected chi connectivity index (χ4v) is 1.90. The minimum absolute atomic E-state index is 0.213. The molecule has 0 aromatic heterocycles. The van der Waals surface area contributed by atoms with Crippen molar-refractivity contribution in [1.29, 1.82) is 0 Å². The molecule has 0 fully saturated rings. The van der Waals surface area contributed by atoms with Crippen LogP contribution < -0.4 is 4.74 Å². The van der Waals surface area contributed by atoms with Crippen LogP contribution >= 0.6 is 0 Å². The van der Waals surface area contributed by atoms with Crippen LogP contribution in [0.5, 0.6) is 5.75 Å². The third kappa shape index (κ3) is 2.64. The Hall–Kier alpha value is -1.83. The second-order valence-electron chi connectivity index (χ2n) is 4.03. The fraction of sp³-hybridized carbons (Fsp3) is 0.200. The van der Waals surface area contributed by atoms with E-state index in [1.165, 1.54) is 6.07 Å². The zero-order chi connectivity index (χ0) is 12.3. The largest absolute Gasteiger partial charge is 0.461 e. The number of benzene rings is 1. The molecule has 2 rings (SSSR count). The van der Waals surface area contributed by atoms with E-state index in [1.54, 1.807) is 18.2 Å². The zero-order valence-electron chi connectivity index (χ0n) is 9.87. The summed E-state index contributed by atoms with van der Waals surface area (Å²) in [6.45, 7) is 5.58. The summed E-state index contributed by atoms with van der Waals surface area (Å²) in [4.78, 5) is 0. The van der Waals surface area contributed by atoms with E-state index in [2.05, 4.69) is 6.58 Å². The van der Waals surface area contributed by atoms with Crippen LogP contribution in [0.4, 0.5) is 4.39 Å². The van der Waals surface area contributed by atoms with E-state index >= 15 is 0 Å². The Bertz CT molecular complexity index is 498. The van der Waals surface area contributed by atoms with Crippen molar-refractivity contribution in [1.82, 2.24) is 0 Å². The maximum Gasteiger partial charge on any atom is 0.130 e. The smallest absolute Gasteiger partial charge is 0.130 e. The highest BCUT2D eigenvalue weighted by Gasteiger charge is 2.13. The van der Waals surface area contributed by atoms with Crippen molar-refractivity contribution in [2.45, 2.75) is 19.8 Å². The molecule has 1 nitrogen and oxygen atoms in total. The second-order valence-corrected chi connectivity index (χ2v) is 4.03. The molecule has 0 saturated carbocycles. The summed E-state index contributed by atoms with van der Waals surface area (Å²) in [5.74, 6) is 1.41. The highest BCUT2D eigenvalue weighted by atomic mass is 19.1. The van der Waals surface area contributed by atoms with Crippen LogP contribution in [0.15, 0.2) is 54.3 Å². The maximum absolute atomic E-state index is 13.1. The number of aryl methyl sites for hydroxylation is 1. The van der Waals surface area contributed by atoms with Gasteiger partial charge in [-0.25, -0.2) is 4.39 Å². The molecule has 1 aliphatic heterocycles. The minimum atomic E-state index is -0.213. The average Bonchev–Trinajstić information content (AvgIpc) is 2.46.